The number of aliphatic imine (C=N–C) groups is 1. The second-order valence-corrected chi connectivity index (χ2v) is 5.50. The summed E-state index contributed by atoms with van der Waals surface area (Å²) in [5.74, 6) is 0.739. The van der Waals surface area contributed by atoms with E-state index in [1.54, 1.807) is 0 Å². The Balaban J connectivity index is 0.00000288. The Hall–Kier alpha value is -0.900. The summed E-state index contributed by atoms with van der Waals surface area (Å²) in [6.45, 7) is 8.59. The lowest BCUT2D eigenvalue weighted by Gasteiger charge is -2.27. The summed E-state index contributed by atoms with van der Waals surface area (Å²) in [6.07, 6.45) is 0. The zero-order valence-corrected chi connectivity index (χ0v) is 16.7. The van der Waals surface area contributed by atoms with E-state index in [1.807, 2.05) is 6.92 Å². The zero-order valence-electron chi connectivity index (χ0n) is 14.3. The van der Waals surface area contributed by atoms with Crippen LogP contribution in [0.15, 0.2) is 29.3 Å². The number of ether oxygens (including phenoxy) is 1. The van der Waals surface area contributed by atoms with Crippen LogP contribution in [0.3, 0.4) is 0 Å². The Morgan fingerprint density at radius 1 is 1.21 bits per heavy atom. The minimum Gasteiger partial charge on any atom is -0.395 e. The molecule has 0 spiro atoms. The minimum absolute atomic E-state index is 0. The molecule has 0 amide bonds. The molecule has 1 aromatic rings. The average molecular weight is 448 g/mol. The molecular weight excluding hydrogens is 419 g/mol. The third kappa shape index (κ3) is 7.33. The van der Waals surface area contributed by atoms with Crippen LogP contribution in [0.4, 0.5) is 0 Å². The number of hydrogen-bond donors (Lipinski definition) is 3. The van der Waals surface area contributed by atoms with Gasteiger partial charge in [0.25, 0.3) is 0 Å². The Labute approximate surface area is 161 Å². The van der Waals surface area contributed by atoms with E-state index in [0.717, 1.165) is 45.4 Å². The number of aliphatic hydroxyl groups is 1. The van der Waals surface area contributed by atoms with Crippen molar-refractivity contribution in [1.82, 2.24) is 15.5 Å². The summed E-state index contributed by atoms with van der Waals surface area (Å²) in [7, 11) is 0. The summed E-state index contributed by atoms with van der Waals surface area (Å²) < 4.78 is 5.41. The van der Waals surface area contributed by atoms with Gasteiger partial charge in [0, 0.05) is 32.7 Å². The van der Waals surface area contributed by atoms with Crippen LogP contribution in [0.5, 0.6) is 0 Å². The molecule has 1 aliphatic rings. The lowest BCUT2D eigenvalue weighted by Crippen LogP contribution is -2.38. The van der Waals surface area contributed by atoms with E-state index in [0.29, 0.717) is 13.1 Å². The van der Waals surface area contributed by atoms with Gasteiger partial charge in [-0.3, -0.25) is 4.90 Å². The van der Waals surface area contributed by atoms with Gasteiger partial charge in [0.1, 0.15) is 0 Å². The number of halogens is 1. The summed E-state index contributed by atoms with van der Waals surface area (Å²) in [6, 6.07) is 8.45. The van der Waals surface area contributed by atoms with Crippen LogP contribution in [0.2, 0.25) is 0 Å². The molecule has 136 valence electrons. The van der Waals surface area contributed by atoms with Gasteiger partial charge in [0.2, 0.25) is 0 Å². The van der Waals surface area contributed by atoms with Crippen molar-refractivity contribution in [3.63, 3.8) is 0 Å². The highest BCUT2D eigenvalue weighted by Crippen LogP contribution is 2.14. The van der Waals surface area contributed by atoms with Gasteiger partial charge in [-0.1, -0.05) is 24.3 Å². The highest BCUT2D eigenvalue weighted by Gasteiger charge is 2.12. The molecule has 0 bridgehead atoms. The molecule has 1 fully saturated rings. The monoisotopic (exact) mass is 448 g/mol. The largest absolute Gasteiger partial charge is 0.395 e. The van der Waals surface area contributed by atoms with Crippen molar-refractivity contribution in [1.29, 1.82) is 0 Å². The third-order valence-electron chi connectivity index (χ3n) is 3.77. The molecule has 0 saturated carbocycles. The minimum atomic E-state index is 0. The van der Waals surface area contributed by atoms with Crippen LogP contribution in [0.1, 0.15) is 18.1 Å². The summed E-state index contributed by atoms with van der Waals surface area (Å²) >= 11 is 0. The first-order valence-corrected chi connectivity index (χ1v) is 8.33. The van der Waals surface area contributed by atoms with Crippen LogP contribution >= 0.6 is 24.0 Å². The SMILES string of the molecule is CCNC(=NCc1ccccc1CN1CCOCC1)NCCO.I. The van der Waals surface area contributed by atoms with E-state index in [9.17, 15) is 0 Å². The average Bonchev–Trinajstić information content (AvgIpc) is 2.59. The predicted molar refractivity (Wildman–Crippen MR) is 108 cm³/mol. The maximum absolute atomic E-state index is 8.93. The number of rotatable bonds is 7. The van der Waals surface area contributed by atoms with E-state index in [1.165, 1.54) is 11.1 Å². The van der Waals surface area contributed by atoms with Crippen LogP contribution in [0, 0.1) is 0 Å². The Kier molecular flexibility index (Phi) is 11.0. The number of guanidine groups is 1. The zero-order chi connectivity index (χ0) is 16.3. The first kappa shape index (κ1) is 21.1. The Morgan fingerprint density at radius 3 is 2.58 bits per heavy atom. The smallest absolute Gasteiger partial charge is 0.191 e. The third-order valence-corrected chi connectivity index (χ3v) is 3.77. The van der Waals surface area contributed by atoms with Gasteiger partial charge < -0.3 is 20.5 Å². The first-order valence-electron chi connectivity index (χ1n) is 8.33. The van der Waals surface area contributed by atoms with Gasteiger partial charge in [-0.2, -0.15) is 0 Å². The molecule has 0 aliphatic carbocycles. The van der Waals surface area contributed by atoms with Crippen molar-refractivity contribution >= 4 is 29.9 Å². The molecule has 1 aromatic carbocycles. The molecule has 3 N–H and O–H groups in total. The van der Waals surface area contributed by atoms with Crippen LogP contribution < -0.4 is 10.6 Å². The van der Waals surface area contributed by atoms with E-state index in [2.05, 4.69) is 44.8 Å². The van der Waals surface area contributed by atoms with E-state index in [4.69, 9.17) is 9.84 Å². The summed E-state index contributed by atoms with van der Waals surface area (Å²) in [5, 5.41) is 15.2. The second-order valence-electron chi connectivity index (χ2n) is 5.50. The quantitative estimate of drug-likeness (QED) is 0.332. The molecule has 1 aliphatic heterocycles. The predicted octanol–water partition coefficient (Wildman–Crippen LogP) is 1.18. The Morgan fingerprint density at radius 2 is 1.92 bits per heavy atom. The number of benzene rings is 1. The normalized spacial score (nSPS) is 15.7. The molecule has 0 unspecified atom stereocenters. The number of nitrogens with one attached hydrogen (secondary N) is 2. The standard InChI is InChI=1S/C17H28N4O2.HI/c1-2-18-17(19-7-10-22)20-13-15-5-3-4-6-16(15)14-21-8-11-23-12-9-21;/h3-6,22H,2,7-14H2,1H3,(H2,18,19,20);1H. The molecule has 0 atom stereocenters. The fourth-order valence-electron chi connectivity index (χ4n) is 2.55. The van der Waals surface area contributed by atoms with E-state index < -0.39 is 0 Å². The topological polar surface area (TPSA) is 69.1 Å². The second kappa shape index (κ2) is 12.5. The van der Waals surface area contributed by atoms with Gasteiger partial charge in [0.15, 0.2) is 5.96 Å². The molecular formula is C17H29IN4O2. The molecule has 2 rings (SSSR count). The first-order chi connectivity index (χ1) is 11.3. The van der Waals surface area contributed by atoms with Crippen LogP contribution in [-0.4, -0.2) is 62.0 Å². The highest BCUT2D eigenvalue weighted by molar-refractivity contribution is 14.0. The molecule has 1 saturated heterocycles. The lowest BCUT2D eigenvalue weighted by molar-refractivity contribution is 0.0341. The molecule has 0 aromatic heterocycles. The van der Waals surface area contributed by atoms with Gasteiger partial charge in [-0.25, -0.2) is 4.99 Å². The maximum atomic E-state index is 8.93. The van der Waals surface area contributed by atoms with Gasteiger partial charge in [0.05, 0.1) is 26.4 Å². The number of nitrogens with zero attached hydrogens (tertiary/aromatic N) is 2. The van der Waals surface area contributed by atoms with Crippen molar-refractivity contribution in [2.75, 3.05) is 46.0 Å². The van der Waals surface area contributed by atoms with Crippen LogP contribution in [0.25, 0.3) is 0 Å². The van der Waals surface area contributed by atoms with Gasteiger partial charge >= 0.3 is 0 Å². The van der Waals surface area contributed by atoms with Crippen molar-refractivity contribution in [3.8, 4) is 0 Å². The van der Waals surface area contributed by atoms with Crippen molar-refractivity contribution in [3.05, 3.63) is 35.4 Å². The molecule has 24 heavy (non-hydrogen) atoms. The van der Waals surface area contributed by atoms with Crippen molar-refractivity contribution in [2.24, 2.45) is 4.99 Å². The fraction of sp³-hybridized carbons (Fsp3) is 0.588. The van der Waals surface area contributed by atoms with Crippen molar-refractivity contribution in [2.45, 2.75) is 20.0 Å². The van der Waals surface area contributed by atoms with Crippen molar-refractivity contribution < 1.29 is 9.84 Å². The maximum Gasteiger partial charge on any atom is 0.191 e. The molecule has 0 radical (unpaired) electrons. The summed E-state index contributed by atoms with van der Waals surface area (Å²) in [5.41, 5.74) is 2.55. The molecule has 6 nitrogen and oxygen atoms in total. The van der Waals surface area contributed by atoms with E-state index in [-0.39, 0.29) is 30.6 Å². The Bertz CT molecular complexity index is 493. The van der Waals surface area contributed by atoms with Gasteiger partial charge in [-0.05, 0) is 18.1 Å². The number of aliphatic hydroxyl groups excluding tert-OH is 1. The lowest BCUT2D eigenvalue weighted by atomic mass is 10.1. The van der Waals surface area contributed by atoms with E-state index >= 15 is 0 Å². The molecule has 1 heterocycles. The fourth-order valence-corrected chi connectivity index (χ4v) is 2.55. The molecule has 7 heteroatoms. The van der Waals surface area contributed by atoms with Crippen LogP contribution in [-0.2, 0) is 17.8 Å². The van der Waals surface area contributed by atoms with Gasteiger partial charge in [-0.15, -0.1) is 24.0 Å². The summed E-state index contributed by atoms with van der Waals surface area (Å²) in [4.78, 5) is 7.03. The highest BCUT2D eigenvalue weighted by atomic mass is 127. The number of morpholine rings is 1. The number of hydrogen-bond acceptors (Lipinski definition) is 4.